The second-order valence-corrected chi connectivity index (χ2v) is 6.59. The van der Waals surface area contributed by atoms with Crippen molar-refractivity contribution < 1.29 is 14.7 Å². The van der Waals surface area contributed by atoms with E-state index in [4.69, 9.17) is 5.11 Å². The van der Waals surface area contributed by atoms with Crippen LogP contribution < -0.4 is 5.32 Å². The predicted octanol–water partition coefficient (Wildman–Crippen LogP) is 2.85. The standard InChI is InChI=1S/C18H23NO3/c1-11(19-17(20)15-8-9-16(15)18(21)22)13-7-6-12-4-2-3-5-14(12)10-13/h6-7,10-11,15-16H,2-5,8-9H2,1H3,(H,19,20)(H,21,22). The van der Waals surface area contributed by atoms with Crippen molar-refractivity contribution >= 4 is 11.9 Å². The van der Waals surface area contributed by atoms with Gasteiger partial charge in [0.05, 0.1) is 17.9 Å². The van der Waals surface area contributed by atoms with E-state index in [0.29, 0.717) is 12.8 Å². The Morgan fingerprint density at radius 1 is 1.14 bits per heavy atom. The number of nitrogens with one attached hydrogen (secondary N) is 1. The van der Waals surface area contributed by atoms with Crippen molar-refractivity contribution in [1.82, 2.24) is 5.32 Å². The molecule has 3 rings (SSSR count). The first kappa shape index (κ1) is 15.1. The Morgan fingerprint density at radius 2 is 1.82 bits per heavy atom. The first-order valence-electron chi connectivity index (χ1n) is 8.21. The van der Waals surface area contributed by atoms with E-state index in [1.807, 2.05) is 6.92 Å². The van der Waals surface area contributed by atoms with Gasteiger partial charge in [0.1, 0.15) is 0 Å². The Balaban J connectivity index is 1.65. The lowest BCUT2D eigenvalue weighted by molar-refractivity contribution is -0.152. The first-order valence-corrected chi connectivity index (χ1v) is 8.21. The molecule has 0 aliphatic heterocycles. The molecule has 4 nitrogen and oxygen atoms in total. The average molecular weight is 301 g/mol. The molecule has 3 unspecified atom stereocenters. The summed E-state index contributed by atoms with van der Waals surface area (Å²) in [4.78, 5) is 23.3. The number of benzene rings is 1. The molecule has 1 amide bonds. The maximum Gasteiger partial charge on any atom is 0.307 e. The fourth-order valence-corrected chi connectivity index (χ4v) is 3.54. The molecule has 2 aliphatic carbocycles. The summed E-state index contributed by atoms with van der Waals surface area (Å²) in [5.41, 5.74) is 3.94. The van der Waals surface area contributed by atoms with Gasteiger partial charge in [0.2, 0.25) is 5.91 Å². The molecule has 0 bridgehead atoms. The average Bonchev–Trinajstić information content (AvgIpc) is 2.44. The van der Waals surface area contributed by atoms with Gasteiger partial charge < -0.3 is 10.4 Å². The van der Waals surface area contributed by atoms with Crippen LogP contribution in [-0.2, 0) is 22.4 Å². The number of rotatable bonds is 4. The lowest BCUT2D eigenvalue weighted by Crippen LogP contribution is -2.44. The molecule has 1 aromatic carbocycles. The maximum absolute atomic E-state index is 12.2. The van der Waals surface area contributed by atoms with Crippen LogP contribution in [0.5, 0.6) is 0 Å². The first-order chi connectivity index (χ1) is 10.6. The number of aryl methyl sites for hydroxylation is 2. The highest BCUT2D eigenvalue weighted by Gasteiger charge is 2.41. The highest BCUT2D eigenvalue weighted by Crippen LogP contribution is 2.35. The van der Waals surface area contributed by atoms with Crippen LogP contribution in [0.3, 0.4) is 0 Å². The van der Waals surface area contributed by atoms with Crippen molar-refractivity contribution in [2.24, 2.45) is 11.8 Å². The van der Waals surface area contributed by atoms with Crippen LogP contribution in [-0.4, -0.2) is 17.0 Å². The molecule has 2 N–H and O–H groups in total. The Hall–Kier alpha value is -1.84. The lowest BCUT2D eigenvalue weighted by atomic mass is 9.73. The monoisotopic (exact) mass is 301 g/mol. The van der Waals surface area contributed by atoms with Crippen molar-refractivity contribution in [1.29, 1.82) is 0 Å². The zero-order valence-electron chi connectivity index (χ0n) is 13.0. The molecule has 1 saturated carbocycles. The molecule has 118 valence electrons. The van der Waals surface area contributed by atoms with E-state index < -0.39 is 11.9 Å². The maximum atomic E-state index is 12.2. The van der Waals surface area contributed by atoms with Gasteiger partial charge in [0, 0.05) is 0 Å². The number of amides is 1. The van der Waals surface area contributed by atoms with E-state index in [0.717, 1.165) is 18.4 Å². The number of carboxylic acid groups (broad SMARTS) is 1. The second-order valence-electron chi connectivity index (χ2n) is 6.59. The molecule has 0 heterocycles. The zero-order valence-corrected chi connectivity index (χ0v) is 13.0. The van der Waals surface area contributed by atoms with Crippen LogP contribution in [0.4, 0.5) is 0 Å². The molecule has 2 aliphatic rings. The van der Waals surface area contributed by atoms with Gasteiger partial charge in [0.15, 0.2) is 0 Å². The van der Waals surface area contributed by atoms with E-state index in [9.17, 15) is 9.59 Å². The normalized spacial score (nSPS) is 24.8. The van der Waals surface area contributed by atoms with Gasteiger partial charge in [-0.1, -0.05) is 18.2 Å². The summed E-state index contributed by atoms with van der Waals surface area (Å²) < 4.78 is 0. The van der Waals surface area contributed by atoms with Crippen LogP contribution in [0.15, 0.2) is 18.2 Å². The Kier molecular flexibility index (Phi) is 4.19. The SMILES string of the molecule is CC(NC(=O)C1CCC1C(=O)O)c1ccc2c(c1)CCCC2. The summed E-state index contributed by atoms with van der Waals surface area (Å²) in [6.07, 6.45) is 6.06. The van der Waals surface area contributed by atoms with Gasteiger partial charge in [-0.3, -0.25) is 9.59 Å². The van der Waals surface area contributed by atoms with Gasteiger partial charge in [-0.2, -0.15) is 0 Å². The topological polar surface area (TPSA) is 66.4 Å². The van der Waals surface area contributed by atoms with Gasteiger partial charge in [-0.15, -0.1) is 0 Å². The Morgan fingerprint density at radius 3 is 2.45 bits per heavy atom. The van der Waals surface area contributed by atoms with Crippen LogP contribution in [0.2, 0.25) is 0 Å². The van der Waals surface area contributed by atoms with Crippen molar-refractivity contribution in [2.45, 2.75) is 51.5 Å². The number of hydrogen-bond donors (Lipinski definition) is 2. The van der Waals surface area contributed by atoms with E-state index in [1.165, 1.54) is 24.0 Å². The fourth-order valence-electron chi connectivity index (χ4n) is 3.54. The number of fused-ring (bicyclic) bond motifs is 1. The van der Waals surface area contributed by atoms with Crippen molar-refractivity contribution in [3.63, 3.8) is 0 Å². The molecule has 0 saturated heterocycles. The third-order valence-electron chi connectivity index (χ3n) is 5.16. The van der Waals surface area contributed by atoms with Gasteiger partial charge in [-0.05, 0) is 62.1 Å². The van der Waals surface area contributed by atoms with E-state index in [1.54, 1.807) is 0 Å². The third kappa shape index (κ3) is 2.87. The zero-order chi connectivity index (χ0) is 15.7. The number of aliphatic carboxylic acids is 1. The van der Waals surface area contributed by atoms with Gasteiger partial charge in [0.25, 0.3) is 0 Å². The van der Waals surface area contributed by atoms with Gasteiger partial charge in [-0.25, -0.2) is 0 Å². The summed E-state index contributed by atoms with van der Waals surface area (Å²) in [6.45, 7) is 1.97. The van der Waals surface area contributed by atoms with Crippen LogP contribution >= 0.6 is 0 Å². The summed E-state index contributed by atoms with van der Waals surface area (Å²) in [7, 11) is 0. The molecule has 0 spiro atoms. The summed E-state index contributed by atoms with van der Waals surface area (Å²) >= 11 is 0. The van der Waals surface area contributed by atoms with Gasteiger partial charge >= 0.3 is 5.97 Å². The van der Waals surface area contributed by atoms with Crippen LogP contribution in [0.25, 0.3) is 0 Å². The minimum Gasteiger partial charge on any atom is -0.481 e. The molecule has 1 aromatic rings. The van der Waals surface area contributed by atoms with E-state index >= 15 is 0 Å². The molecule has 0 aromatic heterocycles. The number of carboxylic acids is 1. The van der Waals surface area contributed by atoms with Crippen LogP contribution in [0, 0.1) is 11.8 Å². The molecule has 1 fully saturated rings. The molecular formula is C18H23NO3. The Labute approximate surface area is 130 Å². The lowest BCUT2D eigenvalue weighted by Gasteiger charge is -2.33. The molecule has 4 heteroatoms. The predicted molar refractivity (Wildman–Crippen MR) is 83.5 cm³/mol. The molecule has 22 heavy (non-hydrogen) atoms. The number of carbonyl (C=O) groups excluding carboxylic acids is 1. The minimum atomic E-state index is -0.854. The highest BCUT2D eigenvalue weighted by molar-refractivity contribution is 5.86. The van der Waals surface area contributed by atoms with Crippen molar-refractivity contribution in [3.05, 3.63) is 34.9 Å². The molecule has 0 radical (unpaired) electrons. The number of hydrogen-bond acceptors (Lipinski definition) is 2. The van der Waals surface area contributed by atoms with Crippen molar-refractivity contribution in [3.8, 4) is 0 Å². The van der Waals surface area contributed by atoms with E-state index in [2.05, 4.69) is 23.5 Å². The second kappa shape index (κ2) is 6.11. The quantitative estimate of drug-likeness (QED) is 0.898. The van der Waals surface area contributed by atoms with E-state index in [-0.39, 0.29) is 17.9 Å². The van der Waals surface area contributed by atoms with Crippen molar-refractivity contribution in [2.75, 3.05) is 0 Å². The fraction of sp³-hybridized carbons (Fsp3) is 0.556. The summed E-state index contributed by atoms with van der Waals surface area (Å²) in [5, 5.41) is 12.0. The summed E-state index contributed by atoms with van der Waals surface area (Å²) in [6, 6.07) is 6.39. The smallest absolute Gasteiger partial charge is 0.307 e. The minimum absolute atomic E-state index is 0.0743. The highest BCUT2D eigenvalue weighted by atomic mass is 16.4. The number of carbonyl (C=O) groups is 2. The summed E-state index contributed by atoms with van der Waals surface area (Å²) in [5.74, 6) is -1.84. The van der Waals surface area contributed by atoms with Crippen LogP contribution in [0.1, 0.15) is 55.3 Å². The Bertz CT molecular complexity index is 596. The third-order valence-corrected chi connectivity index (χ3v) is 5.16. The molecule has 3 atom stereocenters. The largest absolute Gasteiger partial charge is 0.481 e. The molecular weight excluding hydrogens is 278 g/mol.